The number of rotatable bonds is 5. The van der Waals surface area contributed by atoms with Crippen LogP contribution < -0.4 is 5.32 Å². The van der Waals surface area contributed by atoms with E-state index in [1.165, 1.54) is 5.57 Å². The molecule has 0 aliphatic heterocycles. The molecule has 0 amide bonds. The standard InChI is InChI=1S/C12H19NO/c1-11(10-14)8-13-9-12-6-4-2-3-5-7-12/h2,4-7,11,13-14H,3,8-10H2,1H3/t11-/m0/s1. The molecule has 0 aromatic rings. The van der Waals surface area contributed by atoms with E-state index >= 15 is 0 Å². The third-order valence-electron chi connectivity index (χ3n) is 2.18. The van der Waals surface area contributed by atoms with Crippen LogP contribution >= 0.6 is 0 Å². The highest BCUT2D eigenvalue weighted by Crippen LogP contribution is 2.03. The molecule has 0 saturated heterocycles. The van der Waals surface area contributed by atoms with Gasteiger partial charge in [0.25, 0.3) is 0 Å². The fourth-order valence-electron chi connectivity index (χ4n) is 1.27. The summed E-state index contributed by atoms with van der Waals surface area (Å²) in [5.41, 5.74) is 1.30. The molecule has 2 N–H and O–H groups in total. The van der Waals surface area contributed by atoms with E-state index in [0.717, 1.165) is 19.5 Å². The lowest BCUT2D eigenvalue weighted by molar-refractivity contribution is 0.235. The van der Waals surface area contributed by atoms with E-state index in [2.05, 4.69) is 35.7 Å². The fraction of sp³-hybridized carbons (Fsp3) is 0.500. The monoisotopic (exact) mass is 193 g/mol. The predicted octanol–water partition coefficient (Wildman–Crippen LogP) is 1.65. The molecule has 0 saturated carbocycles. The highest BCUT2D eigenvalue weighted by molar-refractivity contribution is 5.28. The van der Waals surface area contributed by atoms with Gasteiger partial charge in [-0.2, -0.15) is 0 Å². The first-order valence-corrected chi connectivity index (χ1v) is 5.16. The van der Waals surface area contributed by atoms with Gasteiger partial charge in [0.05, 0.1) is 0 Å². The van der Waals surface area contributed by atoms with Crippen molar-refractivity contribution in [3.63, 3.8) is 0 Å². The third kappa shape index (κ3) is 4.40. The van der Waals surface area contributed by atoms with E-state index in [0.29, 0.717) is 5.92 Å². The van der Waals surface area contributed by atoms with E-state index in [1.54, 1.807) is 0 Å². The summed E-state index contributed by atoms with van der Waals surface area (Å²) in [6.07, 6.45) is 11.7. The molecule has 2 heteroatoms. The SMILES string of the molecule is C[C@H](CO)CNCC1=CC=CCC=C1. The summed E-state index contributed by atoms with van der Waals surface area (Å²) in [5, 5.41) is 12.2. The van der Waals surface area contributed by atoms with Gasteiger partial charge < -0.3 is 10.4 Å². The molecule has 2 nitrogen and oxygen atoms in total. The molecule has 0 radical (unpaired) electrons. The van der Waals surface area contributed by atoms with Crippen molar-refractivity contribution in [2.24, 2.45) is 5.92 Å². The first-order valence-electron chi connectivity index (χ1n) is 5.16. The smallest absolute Gasteiger partial charge is 0.0468 e. The maximum absolute atomic E-state index is 8.84. The Labute approximate surface area is 86.0 Å². The number of aliphatic hydroxyl groups is 1. The minimum Gasteiger partial charge on any atom is -0.396 e. The minimum absolute atomic E-state index is 0.252. The summed E-state index contributed by atoms with van der Waals surface area (Å²) >= 11 is 0. The maximum atomic E-state index is 8.84. The summed E-state index contributed by atoms with van der Waals surface area (Å²) in [6.45, 7) is 4.03. The first-order chi connectivity index (χ1) is 6.83. The fourth-order valence-corrected chi connectivity index (χ4v) is 1.27. The van der Waals surface area contributed by atoms with Crippen molar-refractivity contribution in [3.05, 3.63) is 36.0 Å². The zero-order chi connectivity index (χ0) is 10.2. The van der Waals surface area contributed by atoms with Gasteiger partial charge in [-0.05, 0) is 17.9 Å². The first kappa shape index (κ1) is 11.2. The number of hydrogen-bond acceptors (Lipinski definition) is 2. The average Bonchev–Trinajstić information content (AvgIpc) is 2.46. The Balaban J connectivity index is 2.23. The van der Waals surface area contributed by atoms with Crippen LogP contribution in [0.1, 0.15) is 13.3 Å². The number of aliphatic hydroxyl groups excluding tert-OH is 1. The van der Waals surface area contributed by atoms with Gasteiger partial charge in [0.15, 0.2) is 0 Å². The lowest BCUT2D eigenvalue weighted by Crippen LogP contribution is -2.24. The van der Waals surface area contributed by atoms with Crippen molar-refractivity contribution in [2.75, 3.05) is 19.7 Å². The Bertz CT molecular complexity index is 241. The van der Waals surface area contributed by atoms with Gasteiger partial charge in [0.2, 0.25) is 0 Å². The van der Waals surface area contributed by atoms with Crippen molar-refractivity contribution in [2.45, 2.75) is 13.3 Å². The summed E-state index contributed by atoms with van der Waals surface area (Å²) in [4.78, 5) is 0. The van der Waals surface area contributed by atoms with Crippen molar-refractivity contribution < 1.29 is 5.11 Å². The van der Waals surface area contributed by atoms with E-state index < -0.39 is 0 Å². The van der Waals surface area contributed by atoms with Gasteiger partial charge in [0, 0.05) is 19.7 Å². The molecule has 0 heterocycles. The largest absolute Gasteiger partial charge is 0.396 e. The van der Waals surface area contributed by atoms with Crippen molar-refractivity contribution >= 4 is 0 Å². The van der Waals surface area contributed by atoms with Gasteiger partial charge in [-0.3, -0.25) is 0 Å². The molecule has 0 bridgehead atoms. The lowest BCUT2D eigenvalue weighted by atomic mass is 10.2. The molecule has 1 aliphatic carbocycles. The normalized spacial score (nSPS) is 17.7. The zero-order valence-electron chi connectivity index (χ0n) is 8.74. The molecule has 0 aromatic carbocycles. The molecule has 1 rings (SSSR count). The molecule has 14 heavy (non-hydrogen) atoms. The lowest BCUT2D eigenvalue weighted by Gasteiger charge is -2.09. The highest BCUT2D eigenvalue weighted by atomic mass is 16.3. The second kappa shape index (κ2) is 6.57. The van der Waals surface area contributed by atoms with Gasteiger partial charge in [0.1, 0.15) is 0 Å². The quantitative estimate of drug-likeness (QED) is 0.696. The molecule has 1 aliphatic rings. The summed E-state index contributed by atoms with van der Waals surface area (Å²) in [7, 11) is 0. The molecular formula is C12H19NO. The Hall–Kier alpha value is -0.860. The number of nitrogens with one attached hydrogen (secondary N) is 1. The molecule has 1 atom stereocenters. The van der Waals surface area contributed by atoms with Crippen molar-refractivity contribution in [3.8, 4) is 0 Å². The molecule has 0 unspecified atom stereocenters. The van der Waals surface area contributed by atoms with Crippen molar-refractivity contribution in [1.82, 2.24) is 5.32 Å². The van der Waals surface area contributed by atoms with Crippen LogP contribution in [0.2, 0.25) is 0 Å². The molecule has 0 aromatic heterocycles. The van der Waals surface area contributed by atoms with Crippen LogP contribution in [0, 0.1) is 5.92 Å². The molecule has 0 fully saturated rings. The predicted molar refractivity (Wildman–Crippen MR) is 60.1 cm³/mol. The Morgan fingerprint density at radius 3 is 3.14 bits per heavy atom. The zero-order valence-corrected chi connectivity index (χ0v) is 8.74. The minimum atomic E-state index is 0.252. The highest BCUT2D eigenvalue weighted by Gasteiger charge is 1.99. The van der Waals surface area contributed by atoms with Crippen LogP contribution in [-0.4, -0.2) is 24.8 Å². The Morgan fingerprint density at radius 1 is 1.50 bits per heavy atom. The van der Waals surface area contributed by atoms with Gasteiger partial charge in [-0.1, -0.05) is 37.3 Å². The Kier molecular flexibility index (Phi) is 5.27. The van der Waals surface area contributed by atoms with Crippen molar-refractivity contribution in [1.29, 1.82) is 0 Å². The van der Waals surface area contributed by atoms with Gasteiger partial charge in [-0.25, -0.2) is 0 Å². The number of allylic oxidation sites excluding steroid dienone is 4. The summed E-state index contributed by atoms with van der Waals surface area (Å²) in [5.74, 6) is 0.334. The third-order valence-corrected chi connectivity index (χ3v) is 2.18. The summed E-state index contributed by atoms with van der Waals surface area (Å²) < 4.78 is 0. The van der Waals surface area contributed by atoms with Crippen LogP contribution in [0.25, 0.3) is 0 Å². The molecule has 0 spiro atoms. The second-order valence-electron chi connectivity index (χ2n) is 3.73. The van der Waals surface area contributed by atoms with Crippen LogP contribution in [0.4, 0.5) is 0 Å². The number of hydrogen-bond donors (Lipinski definition) is 2. The van der Waals surface area contributed by atoms with E-state index in [4.69, 9.17) is 5.11 Å². The topological polar surface area (TPSA) is 32.3 Å². The van der Waals surface area contributed by atoms with Crippen LogP contribution in [0.15, 0.2) is 36.0 Å². The average molecular weight is 193 g/mol. The second-order valence-corrected chi connectivity index (χ2v) is 3.73. The maximum Gasteiger partial charge on any atom is 0.0468 e. The molecule has 78 valence electrons. The van der Waals surface area contributed by atoms with Gasteiger partial charge in [-0.15, -0.1) is 0 Å². The molecular weight excluding hydrogens is 174 g/mol. The van der Waals surface area contributed by atoms with Crippen LogP contribution in [-0.2, 0) is 0 Å². The van der Waals surface area contributed by atoms with Crippen LogP contribution in [0.3, 0.4) is 0 Å². The van der Waals surface area contributed by atoms with E-state index in [9.17, 15) is 0 Å². The van der Waals surface area contributed by atoms with Crippen LogP contribution in [0.5, 0.6) is 0 Å². The van der Waals surface area contributed by atoms with E-state index in [-0.39, 0.29) is 6.61 Å². The van der Waals surface area contributed by atoms with Gasteiger partial charge >= 0.3 is 0 Å². The Morgan fingerprint density at radius 2 is 2.36 bits per heavy atom. The summed E-state index contributed by atoms with van der Waals surface area (Å²) in [6, 6.07) is 0. The van der Waals surface area contributed by atoms with E-state index in [1.807, 2.05) is 6.92 Å².